The van der Waals surface area contributed by atoms with Crippen molar-refractivity contribution < 1.29 is 9.18 Å². The number of hydrogen-bond donors (Lipinski definition) is 3. The predicted molar refractivity (Wildman–Crippen MR) is 118 cm³/mol. The summed E-state index contributed by atoms with van der Waals surface area (Å²) in [6.07, 6.45) is 5.88. The molecule has 4 N–H and O–H groups in total. The third kappa shape index (κ3) is 5.15. The van der Waals surface area contributed by atoms with Crippen LogP contribution >= 0.6 is 11.8 Å². The SMILES string of the molecule is C=C(CNC(C)=O)S/C(=C\N)c1ccc(NCC2(c3ncccc3F)CCC2)nn1. The summed E-state index contributed by atoms with van der Waals surface area (Å²) >= 11 is 1.33. The number of nitrogens with two attached hydrogens (primary N) is 1. The molecule has 30 heavy (non-hydrogen) atoms. The zero-order chi connectivity index (χ0) is 21.6. The Kier molecular flexibility index (Phi) is 7.04. The Labute approximate surface area is 179 Å². The second-order valence-electron chi connectivity index (χ2n) is 7.21. The highest BCUT2D eigenvalue weighted by Crippen LogP contribution is 2.43. The second-order valence-corrected chi connectivity index (χ2v) is 8.43. The van der Waals surface area contributed by atoms with Crippen LogP contribution in [0.3, 0.4) is 0 Å². The van der Waals surface area contributed by atoms with E-state index in [1.807, 2.05) is 12.1 Å². The van der Waals surface area contributed by atoms with Crippen molar-refractivity contribution in [2.45, 2.75) is 31.6 Å². The van der Waals surface area contributed by atoms with E-state index in [-0.39, 0.29) is 17.1 Å². The first-order valence-electron chi connectivity index (χ1n) is 9.64. The van der Waals surface area contributed by atoms with Crippen molar-refractivity contribution in [1.29, 1.82) is 0 Å². The average Bonchev–Trinajstić information content (AvgIpc) is 2.71. The third-order valence-corrected chi connectivity index (χ3v) is 6.03. The van der Waals surface area contributed by atoms with Crippen LogP contribution in [-0.2, 0) is 10.2 Å². The molecule has 3 rings (SSSR count). The molecule has 0 spiro atoms. The van der Waals surface area contributed by atoms with Gasteiger partial charge in [0.1, 0.15) is 17.3 Å². The summed E-state index contributed by atoms with van der Waals surface area (Å²) in [5.74, 6) is 0.203. The Morgan fingerprint density at radius 2 is 2.17 bits per heavy atom. The van der Waals surface area contributed by atoms with Gasteiger partial charge in [0, 0.05) is 42.7 Å². The van der Waals surface area contributed by atoms with E-state index in [1.54, 1.807) is 12.3 Å². The Hall–Kier alpha value is -2.94. The average molecular weight is 429 g/mol. The molecule has 0 saturated heterocycles. The van der Waals surface area contributed by atoms with Crippen molar-refractivity contribution in [2.24, 2.45) is 5.73 Å². The van der Waals surface area contributed by atoms with Crippen molar-refractivity contribution in [3.05, 3.63) is 65.4 Å². The van der Waals surface area contributed by atoms with Crippen molar-refractivity contribution in [1.82, 2.24) is 20.5 Å². The van der Waals surface area contributed by atoms with Crippen molar-refractivity contribution in [3.63, 3.8) is 0 Å². The molecule has 1 amide bonds. The van der Waals surface area contributed by atoms with Crippen LogP contribution in [0, 0.1) is 5.82 Å². The highest BCUT2D eigenvalue weighted by atomic mass is 32.2. The van der Waals surface area contributed by atoms with Gasteiger partial charge in [-0.2, -0.15) is 0 Å². The minimum Gasteiger partial charge on any atom is -0.404 e. The summed E-state index contributed by atoms with van der Waals surface area (Å²) in [5, 5.41) is 14.4. The maximum atomic E-state index is 14.2. The van der Waals surface area contributed by atoms with Gasteiger partial charge < -0.3 is 16.4 Å². The second kappa shape index (κ2) is 9.71. The molecule has 158 valence electrons. The van der Waals surface area contributed by atoms with Gasteiger partial charge in [-0.3, -0.25) is 9.78 Å². The van der Waals surface area contributed by atoms with E-state index in [0.29, 0.717) is 35.2 Å². The number of amides is 1. The fourth-order valence-electron chi connectivity index (χ4n) is 3.28. The molecule has 1 aliphatic carbocycles. The van der Waals surface area contributed by atoms with E-state index in [0.717, 1.165) is 24.2 Å². The van der Waals surface area contributed by atoms with Crippen LogP contribution in [0.5, 0.6) is 0 Å². The van der Waals surface area contributed by atoms with Gasteiger partial charge >= 0.3 is 0 Å². The van der Waals surface area contributed by atoms with Crippen molar-refractivity contribution in [3.8, 4) is 0 Å². The predicted octanol–water partition coefficient (Wildman–Crippen LogP) is 3.18. The quantitative estimate of drug-likeness (QED) is 0.563. The zero-order valence-corrected chi connectivity index (χ0v) is 17.6. The van der Waals surface area contributed by atoms with Gasteiger partial charge in [-0.15, -0.1) is 10.2 Å². The first kappa shape index (κ1) is 21.8. The maximum absolute atomic E-state index is 14.2. The third-order valence-electron chi connectivity index (χ3n) is 5.04. The summed E-state index contributed by atoms with van der Waals surface area (Å²) in [4.78, 5) is 16.7. The van der Waals surface area contributed by atoms with Crippen LogP contribution in [0.25, 0.3) is 4.91 Å². The number of hydrogen-bond acceptors (Lipinski definition) is 7. The lowest BCUT2D eigenvalue weighted by Gasteiger charge is -2.41. The molecule has 2 heterocycles. The Morgan fingerprint density at radius 1 is 1.37 bits per heavy atom. The van der Waals surface area contributed by atoms with Gasteiger partial charge in [0.05, 0.1) is 10.6 Å². The number of anilines is 1. The van der Waals surface area contributed by atoms with Crippen LogP contribution in [0.15, 0.2) is 48.1 Å². The summed E-state index contributed by atoms with van der Waals surface area (Å²) < 4.78 is 14.2. The number of nitrogens with zero attached hydrogens (tertiary/aromatic N) is 3. The first-order valence-corrected chi connectivity index (χ1v) is 10.5. The number of halogens is 1. The molecule has 1 aliphatic rings. The highest BCUT2D eigenvalue weighted by Gasteiger charge is 2.41. The van der Waals surface area contributed by atoms with Gasteiger partial charge in [0.2, 0.25) is 5.91 Å². The molecule has 2 aromatic heterocycles. The molecule has 0 aliphatic heterocycles. The number of rotatable bonds is 9. The maximum Gasteiger partial charge on any atom is 0.217 e. The van der Waals surface area contributed by atoms with Crippen LogP contribution in [0.2, 0.25) is 0 Å². The smallest absolute Gasteiger partial charge is 0.217 e. The van der Waals surface area contributed by atoms with Gasteiger partial charge in [0.15, 0.2) is 0 Å². The fraction of sp³-hybridized carbons (Fsp3) is 0.333. The topological polar surface area (TPSA) is 106 Å². The molecule has 2 aromatic rings. The lowest BCUT2D eigenvalue weighted by atomic mass is 9.66. The summed E-state index contributed by atoms with van der Waals surface area (Å²) in [5.41, 5.74) is 6.53. The molecule has 9 heteroatoms. The number of pyridine rings is 1. The fourth-order valence-corrected chi connectivity index (χ4v) is 4.02. The molecular weight excluding hydrogens is 403 g/mol. The van der Waals surface area contributed by atoms with E-state index in [2.05, 4.69) is 32.4 Å². The summed E-state index contributed by atoms with van der Waals surface area (Å²) in [7, 11) is 0. The van der Waals surface area contributed by atoms with E-state index in [9.17, 15) is 9.18 Å². The molecule has 0 unspecified atom stereocenters. The molecule has 7 nitrogen and oxygen atoms in total. The number of carbonyl (C=O) groups is 1. The zero-order valence-electron chi connectivity index (χ0n) is 16.8. The Bertz CT molecular complexity index is 943. The van der Waals surface area contributed by atoms with E-state index >= 15 is 0 Å². The lowest BCUT2D eigenvalue weighted by molar-refractivity contribution is -0.118. The van der Waals surface area contributed by atoms with Gasteiger partial charge in [-0.05, 0) is 37.1 Å². The normalized spacial score (nSPS) is 15.2. The van der Waals surface area contributed by atoms with Crippen molar-refractivity contribution in [2.75, 3.05) is 18.4 Å². The lowest BCUT2D eigenvalue weighted by Crippen LogP contribution is -2.42. The van der Waals surface area contributed by atoms with Crippen molar-refractivity contribution >= 4 is 28.4 Å². The summed E-state index contributed by atoms with van der Waals surface area (Å²) in [6.45, 7) is 6.25. The van der Waals surface area contributed by atoms with E-state index in [4.69, 9.17) is 5.73 Å². The summed E-state index contributed by atoms with van der Waals surface area (Å²) in [6, 6.07) is 6.68. The van der Waals surface area contributed by atoms with E-state index < -0.39 is 0 Å². The molecule has 0 atom stereocenters. The largest absolute Gasteiger partial charge is 0.404 e. The number of thioether (sulfide) groups is 1. The Balaban J connectivity index is 1.62. The van der Waals surface area contributed by atoms with Crippen LogP contribution in [0.1, 0.15) is 37.6 Å². The van der Waals surface area contributed by atoms with Gasteiger partial charge in [-0.25, -0.2) is 4.39 Å². The highest BCUT2D eigenvalue weighted by molar-refractivity contribution is 8.11. The molecule has 0 radical (unpaired) electrons. The standard InChI is InChI=1S/C21H25FN6OS/c1-14(12-25-15(2)29)30-18(11-23)17-6-7-19(28-27-17)26-13-21(8-4-9-21)20-16(22)5-3-10-24-20/h3,5-7,10-11H,1,4,8-9,12-13,23H2,2H3,(H,25,29)(H,26,28)/b18-11-. The minimum atomic E-state index is -0.314. The van der Waals surface area contributed by atoms with E-state index in [1.165, 1.54) is 31.0 Å². The molecule has 0 aromatic carbocycles. The number of carbonyl (C=O) groups excluding carboxylic acids is 1. The molecule has 0 bridgehead atoms. The van der Waals surface area contributed by atoms with Gasteiger partial charge in [0.25, 0.3) is 0 Å². The Morgan fingerprint density at radius 3 is 2.73 bits per heavy atom. The minimum absolute atomic E-state index is 0.125. The number of nitrogens with one attached hydrogen (secondary N) is 2. The van der Waals surface area contributed by atoms with Gasteiger partial charge in [-0.1, -0.05) is 24.8 Å². The molecular formula is C21H25FN6OS. The number of aromatic nitrogens is 3. The van der Waals surface area contributed by atoms with Crippen LogP contribution in [0.4, 0.5) is 10.2 Å². The molecule has 1 fully saturated rings. The molecule has 1 saturated carbocycles. The monoisotopic (exact) mass is 428 g/mol. The first-order chi connectivity index (χ1) is 14.4. The van der Waals surface area contributed by atoms with Crippen LogP contribution in [-0.4, -0.2) is 34.2 Å². The van der Waals surface area contributed by atoms with Crippen LogP contribution < -0.4 is 16.4 Å².